The van der Waals surface area contributed by atoms with E-state index in [0.717, 1.165) is 29.9 Å². The first-order chi connectivity index (χ1) is 12.7. The zero-order chi connectivity index (χ0) is 17.9. The van der Waals surface area contributed by atoms with Crippen LogP contribution in [0.15, 0.2) is 18.2 Å². The number of likely N-dealkylation sites (N-methyl/N-ethyl adjacent to an activating group) is 1. The van der Waals surface area contributed by atoms with Crippen molar-refractivity contribution >= 4 is 28.2 Å². The van der Waals surface area contributed by atoms with Crippen molar-refractivity contribution in [2.24, 2.45) is 0 Å². The lowest BCUT2D eigenvalue weighted by molar-refractivity contribution is 0.154. The number of aromatic nitrogens is 1. The second kappa shape index (κ2) is 8.12. The van der Waals surface area contributed by atoms with E-state index in [1.807, 2.05) is 12.1 Å². The van der Waals surface area contributed by atoms with E-state index in [0.29, 0.717) is 0 Å². The molecule has 1 aliphatic heterocycles. The third-order valence-electron chi connectivity index (χ3n) is 5.77. The maximum atomic E-state index is 6.21. The van der Waals surface area contributed by atoms with E-state index < -0.39 is 0 Å². The summed E-state index contributed by atoms with van der Waals surface area (Å²) in [4.78, 5) is 9.91. The fourth-order valence-electron chi connectivity index (χ4n) is 4.19. The summed E-state index contributed by atoms with van der Waals surface area (Å²) in [5, 5.41) is 5.75. The summed E-state index contributed by atoms with van der Waals surface area (Å²) < 4.78 is 0. The molecule has 2 aromatic rings. The van der Waals surface area contributed by atoms with Crippen molar-refractivity contribution in [3.63, 3.8) is 0 Å². The lowest BCUT2D eigenvalue weighted by Gasteiger charge is -2.32. The van der Waals surface area contributed by atoms with Crippen molar-refractivity contribution in [3.8, 4) is 0 Å². The van der Waals surface area contributed by atoms with Gasteiger partial charge >= 0.3 is 0 Å². The first kappa shape index (κ1) is 18.0. The topological polar surface area (TPSA) is 31.4 Å². The maximum absolute atomic E-state index is 6.21. The summed E-state index contributed by atoms with van der Waals surface area (Å²) in [6.45, 7) is 6.97. The molecule has 140 valence electrons. The normalized spacial score (nSPS) is 18.8. The largest absolute Gasteiger partial charge is 0.384 e. The highest BCUT2D eigenvalue weighted by Crippen LogP contribution is 2.34. The summed E-state index contributed by atoms with van der Waals surface area (Å²) in [6, 6.07) is 6.11. The third-order valence-corrected chi connectivity index (χ3v) is 6.01. The molecule has 2 heterocycles. The van der Waals surface area contributed by atoms with Crippen LogP contribution in [0.1, 0.15) is 30.5 Å². The first-order valence-corrected chi connectivity index (χ1v) is 10.3. The van der Waals surface area contributed by atoms with E-state index >= 15 is 0 Å². The zero-order valence-electron chi connectivity index (χ0n) is 15.7. The second-order valence-electron chi connectivity index (χ2n) is 7.71. The molecule has 5 heteroatoms. The Kier molecular flexibility index (Phi) is 5.63. The van der Waals surface area contributed by atoms with Crippen molar-refractivity contribution in [2.45, 2.75) is 32.1 Å². The molecule has 1 saturated heterocycles. The molecule has 1 N–H and O–H groups in total. The van der Waals surface area contributed by atoms with Gasteiger partial charge in [0.25, 0.3) is 0 Å². The molecule has 1 fully saturated rings. The summed E-state index contributed by atoms with van der Waals surface area (Å²) in [6.07, 6.45) is 5.92. The minimum atomic E-state index is 0.766. The summed E-state index contributed by atoms with van der Waals surface area (Å²) in [5.41, 5.74) is 5.04. The van der Waals surface area contributed by atoms with Gasteiger partial charge in [0.2, 0.25) is 0 Å². The van der Waals surface area contributed by atoms with E-state index in [4.69, 9.17) is 16.6 Å². The molecule has 0 atom stereocenters. The van der Waals surface area contributed by atoms with Gasteiger partial charge in [-0.15, -0.1) is 0 Å². The standard InChI is InChI=1S/C21H29ClN4/c1-25-11-13-26(14-12-25)10-4-9-23-21-17-5-2-3-6-19(17)24-20-15-16(22)7-8-18(20)21/h7-8,15H,2-6,9-14H2,1H3,(H,23,24). The number of piperazine rings is 1. The predicted octanol–water partition coefficient (Wildman–Crippen LogP) is 3.82. The minimum Gasteiger partial charge on any atom is -0.384 e. The van der Waals surface area contributed by atoms with Gasteiger partial charge in [-0.2, -0.15) is 0 Å². The third kappa shape index (κ3) is 3.98. The Bertz CT molecular complexity index is 768. The van der Waals surface area contributed by atoms with Gasteiger partial charge in [0.1, 0.15) is 0 Å². The number of halogens is 1. The lowest BCUT2D eigenvalue weighted by Crippen LogP contribution is -2.44. The van der Waals surface area contributed by atoms with Crippen LogP contribution < -0.4 is 5.32 Å². The van der Waals surface area contributed by atoms with E-state index in [1.54, 1.807) is 0 Å². The highest BCUT2D eigenvalue weighted by molar-refractivity contribution is 6.31. The number of hydrogen-bond acceptors (Lipinski definition) is 4. The van der Waals surface area contributed by atoms with E-state index in [2.05, 4.69) is 28.2 Å². The van der Waals surface area contributed by atoms with Crippen LogP contribution in [0.2, 0.25) is 5.02 Å². The number of pyridine rings is 1. The van der Waals surface area contributed by atoms with E-state index in [1.165, 1.54) is 74.3 Å². The van der Waals surface area contributed by atoms with Crippen molar-refractivity contribution < 1.29 is 0 Å². The number of anilines is 1. The summed E-state index contributed by atoms with van der Waals surface area (Å²) in [7, 11) is 2.21. The minimum absolute atomic E-state index is 0.766. The zero-order valence-corrected chi connectivity index (χ0v) is 16.5. The van der Waals surface area contributed by atoms with Gasteiger partial charge in [-0.3, -0.25) is 4.98 Å². The smallest absolute Gasteiger partial charge is 0.0741 e. The molecule has 1 aliphatic carbocycles. The Morgan fingerprint density at radius 2 is 1.92 bits per heavy atom. The van der Waals surface area contributed by atoms with Crippen LogP contribution in [-0.4, -0.2) is 61.1 Å². The molecule has 0 saturated carbocycles. The lowest BCUT2D eigenvalue weighted by atomic mass is 9.92. The Labute approximate surface area is 161 Å². The van der Waals surface area contributed by atoms with Gasteiger partial charge in [0.15, 0.2) is 0 Å². The summed E-state index contributed by atoms with van der Waals surface area (Å²) >= 11 is 6.21. The van der Waals surface area contributed by atoms with Crippen LogP contribution in [0.4, 0.5) is 5.69 Å². The Morgan fingerprint density at radius 3 is 2.77 bits per heavy atom. The quantitative estimate of drug-likeness (QED) is 0.808. The molecule has 1 aromatic carbocycles. The van der Waals surface area contributed by atoms with Crippen molar-refractivity contribution in [1.29, 1.82) is 0 Å². The molecule has 0 bridgehead atoms. The van der Waals surface area contributed by atoms with Crippen LogP contribution in [0.3, 0.4) is 0 Å². The second-order valence-corrected chi connectivity index (χ2v) is 8.14. The molecule has 0 spiro atoms. The Balaban J connectivity index is 1.46. The van der Waals surface area contributed by atoms with Gasteiger partial charge in [0, 0.05) is 54.5 Å². The predicted molar refractivity (Wildman–Crippen MR) is 110 cm³/mol. The number of hydrogen-bond donors (Lipinski definition) is 1. The van der Waals surface area contributed by atoms with Crippen molar-refractivity contribution in [1.82, 2.24) is 14.8 Å². The Morgan fingerprint density at radius 1 is 1.12 bits per heavy atom. The highest BCUT2D eigenvalue weighted by Gasteiger charge is 2.18. The van der Waals surface area contributed by atoms with Crippen LogP contribution in [0.25, 0.3) is 10.9 Å². The molecule has 0 unspecified atom stereocenters. The molecular formula is C21H29ClN4. The van der Waals surface area contributed by atoms with Crippen molar-refractivity contribution in [3.05, 3.63) is 34.5 Å². The molecule has 4 rings (SSSR count). The van der Waals surface area contributed by atoms with Gasteiger partial charge in [-0.05, 0) is 69.5 Å². The van der Waals surface area contributed by atoms with Gasteiger partial charge < -0.3 is 15.1 Å². The first-order valence-electron chi connectivity index (χ1n) is 9.96. The maximum Gasteiger partial charge on any atom is 0.0741 e. The van der Waals surface area contributed by atoms with Gasteiger partial charge in [-0.25, -0.2) is 0 Å². The van der Waals surface area contributed by atoms with Crippen LogP contribution in [-0.2, 0) is 12.8 Å². The van der Waals surface area contributed by atoms with E-state index in [9.17, 15) is 0 Å². The molecule has 26 heavy (non-hydrogen) atoms. The number of nitrogens with one attached hydrogen (secondary N) is 1. The molecule has 0 radical (unpaired) electrons. The SMILES string of the molecule is CN1CCN(CCCNc2c3c(nc4cc(Cl)ccc24)CCCC3)CC1. The average Bonchev–Trinajstić information content (AvgIpc) is 2.65. The van der Waals surface area contributed by atoms with Crippen molar-refractivity contribution in [2.75, 3.05) is 51.6 Å². The molecule has 4 nitrogen and oxygen atoms in total. The monoisotopic (exact) mass is 372 g/mol. The molecule has 0 amide bonds. The Hall–Kier alpha value is -1.36. The molecule has 1 aromatic heterocycles. The number of nitrogens with zero attached hydrogens (tertiary/aromatic N) is 3. The number of benzene rings is 1. The van der Waals surface area contributed by atoms with Gasteiger partial charge in [0.05, 0.1) is 5.52 Å². The molecular weight excluding hydrogens is 344 g/mol. The van der Waals surface area contributed by atoms with Crippen LogP contribution in [0, 0.1) is 0 Å². The van der Waals surface area contributed by atoms with Crippen LogP contribution in [0.5, 0.6) is 0 Å². The number of rotatable bonds is 5. The summed E-state index contributed by atoms with van der Waals surface area (Å²) in [5.74, 6) is 0. The number of fused-ring (bicyclic) bond motifs is 2. The highest BCUT2D eigenvalue weighted by atomic mass is 35.5. The van der Waals surface area contributed by atoms with E-state index in [-0.39, 0.29) is 0 Å². The number of aryl methyl sites for hydroxylation is 1. The average molecular weight is 373 g/mol. The van der Waals surface area contributed by atoms with Gasteiger partial charge in [-0.1, -0.05) is 11.6 Å². The fraction of sp³-hybridized carbons (Fsp3) is 0.571. The van der Waals surface area contributed by atoms with Crippen LogP contribution >= 0.6 is 11.6 Å². The fourth-order valence-corrected chi connectivity index (χ4v) is 4.35. The molecule has 2 aliphatic rings.